The molecule has 3 aromatic carbocycles. The third-order valence-electron chi connectivity index (χ3n) is 6.56. The van der Waals surface area contributed by atoms with Crippen molar-refractivity contribution in [2.75, 3.05) is 6.79 Å². The summed E-state index contributed by atoms with van der Waals surface area (Å²) in [6, 6.07) is 23.0. The van der Waals surface area contributed by atoms with Gasteiger partial charge in [-0.25, -0.2) is 4.98 Å². The fourth-order valence-corrected chi connectivity index (χ4v) is 5.19. The van der Waals surface area contributed by atoms with Gasteiger partial charge in [-0.05, 0) is 57.7 Å². The minimum atomic E-state index is -2.85. The zero-order chi connectivity index (χ0) is 27.2. The lowest BCUT2D eigenvalue weighted by Gasteiger charge is -2.24. The number of hydrogen-bond donors (Lipinski definition) is 0. The van der Waals surface area contributed by atoms with Gasteiger partial charge in [-0.1, -0.05) is 61.9 Å². The Hall–Kier alpha value is -3.43. The molecule has 0 atom stereocenters. The third kappa shape index (κ3) is 6.78. The average Bonchev–Trinajstić information content (AvgIpc) is 3.52. The summed E-state index contributed by atoms with van der Waals surface area (Å²) in [5, 5.41) is 0. The van der Waals surface area contributed by atoms with E-state index in [1.165, 1.54) is 0 Å². The second kappa shape index (κ2) is 12.6. The largest absolute Gasteiger partial charge is 0.454 e. The Morgan fingerprint density at radius 2 is 1.67 bits per heavy atom. The molecule has 39 heavy (non-hydrogen) atoms. The summed E-state index contributed by atoms with van der Waals surface area (Å²) in [6.45, 7) is 2.26. The number of ether oxygens (including phenoxy) is 3. The summed E-state index contributed by atoms with van der Waals surface area (Å²) in [4.78, 5) is 7.22. The van der Waals surface area contributed by atoms with Gasteiger partial charge in [0.1, 0.15) is 16.2 Å². The maximum absolute atomic E-state index is 12.6. The summed E-state index contributed by atoms with van der Waals surface area (Å²) in [7, 11) is 0. The van der Waals surface area contributed by atoms with Gasteiger partial charge in [0.05, 0.1) is 5.69 Å². The van der Waals surface area contributed by atoms with Gasteiger partial charge < -0.3 is 18.8 Å². The standard InChI is InChI=1S/C30H30BrF2N3O3/c1-2-3-15-36-25(28(31)34-29(36)23-7-5-4-6-8-23)19-35(17-21-9-12-24(13-10-21)39-30(32)33)18-22-11-14-26-27(16-22)38-20-37-26/h4-14,16,30H,2-3,15,17-20H2,1H3. The van der Waals surface area contributed by atoms with E-state index in [4.69, 9.17) is 14.5 Å². The van der Waals surface area contributed by atoms with Crippen LogP contribution < -0.4 is 14.2 Å². The first-order valence-electron chi connectivity index (χ1n) is 12.9. The fourth-order valence-electron chi connectivity index (χ4n) is 4.68. The van der Waals surface area contributed by atoms with Gasteiger partial charge in [0.2, 0.25) is 6.79 Å². The van der Waals surface area contributed by atoms with Crippen molar-refractivity contribution in [3.8, 4) is 28.6 Å². The second-order valence-corrected chi connectivity index (χ2v) is 10.2. The maximum atomic E-state index is 12.6. The zero-order valence-electron chi connectivity index (χ0n) is 21.7. The summed E-state index contributed by atoms with van der Waals surface area (Å²) in [6.07, 6.45) is 2.10. The van der Waals surface area contributed by atoms with Crippen LogP contribution in [0.15, 0.2) is 77.4 Å². The number of imidazole rings is 1. The van der Waals surface area contributed by atoms with E-state index >= 15 is 0 Å². The highest BCUT2D eigenvalue weighted by Gasteiger charge is 2.21. The molecule has 1 aliphatic heterocycles. The van der Waals surface area contributed by atoms with Crippen molar-refractivity contribution in [3.63, 3.8) is 0 Å². The molecule has 0 spiro atoms. The molecule has 6 nitrogen and oxygen atoms in total. The number of rotatable bonds is 12. The second-order valence-electron chi connectivity index (χ2n) is 9.40. The molecule has 0 aliphatic carbocycles. The smallest absolute Gasteiger partial charge is 0.387 e. The molecule has 0 fully saturated rings. The number of unbranched alkanes of at least 4 members (excludes halogenated alkanes) is 1. The van der Waals surface area contributed by atoms with E-state index in [1.807, 2.05) is 48.5 Å². The molecule has 1 aliphatic rings. The quantitative estimate of drug-likeness (QED) is 0.168. The monoisotopic (exact) mass is 597 g/mol. The number of hydrogen-bond acceptors (Lipinski definition) is 5. The van der Waals surface area contributed by atoms with E-state index in [1.54, 1.807) is 12.1 Å². The number of halogens is 3. The van der Waals surface area contributed by atoms with Gasteiger partial charge in [0, 0.05) is 31.7 Å². The molecule has 204 valence electrons. The number of benzene rings is 3. The van der Waals surface area contributed by atoms with Crippen molar-refractivity contribution < 1.29 is 23.0 Å². The number of alkyl halides is 2. The van der Waals surface area contributed by atoms with Gasteiger partial charge in [-0.15, -0.1) is 0 Å². The molecule has 0 radical (unpaired) electrons. The van der Waals surface area contributed by atoms with E-state index < -0.39 is 6.61 Å². The van der Waals surface area contributed by atoms with Gasteiger partial charge in [-0.3, -0.25) is 4.90 Å². The summed E-state index contributed by atoms with van der Waals surface area (Å²) >= 11 is 3.75. The highest BCUT2D eigenvalue weighted by molar-refractivity contribution is 9.10. The Labute approximate surface area is 235 Å². The highest BCUT2D eigenvalue weighted by atomic mass is 79.9. The molecule has 2 heterocycles. The Balaban J connectivity index is 1.46. The molecule has 0 amide bonds. The van der Waals surface area contributed by atoms with Crippen molar-refractivity contribution in [3.05, 3.63) is 94.2 Å². The first-order valence-corrected chi connectivity index (χ1v) is 13.7. The topological polar surface area (TPSA) is 48.8 Å². The van der Waals surface area contributed by atoms with E-state index in [9.17, 15) is 8.78 Å². The molecular formula is C30H30BrF2N3O3. The molecular weight excluding hydrogens is 568 g/mol. The van der Waals surface area contributed by atoms with Crippen LogP contribution in [0, 0.1) is 0 Å². The van der Waals surface area contributed by atoms with Crippen LogP contribution in [0.3, 0.4) is 0 Å². The van der Waals surface area contributed by atoms with Crippen LogP contribution >= 0.6 is 15.9 Å². The maximum Gasteiger partial charge on any atom is 0.387 e. The number of aromatic nitrogens is 2. The van der Waals surface area contributed by atoms with Gasteiger partial charge in [-0.2, -0.15) is 8.78 Å². The van der Waals surface area contributed by atoms with E-state index in [-0.39, 0.29) is 12.5 Å². The van der Waals surface area contributed by atoms with Crippen LogP contribution in [0.2, 0.25) is 0 Å². The van der Waals surface area contributed by atoms with E-state index in [0.29, 0.717) is 19.6 Å². The SMILES string of the molecule is CCCCn1c(-c2ccccc2)nc(Br)c1CN(Cc1ccc(OC(F)F)cc1)Cc1ccc2c(c1)OCO2. The molecule has 1 aromatic heterocycles. The molecule has 0 unspecified atom stereocenters. The van der Waals surface area contributed by atoms with Crippen molar-refractivity contribution in [2.45, 2.75) is 52.6 Å². The normalized spacial score (nSPS) is 12.5. The summed E-state index contributed by atoms with van der Waals surface area (Å²) in [5.74, 6) is 2.56. The molecule has 4 aromatic rings. The van der Waals surface area contributed by atoms with E-state index in [0.717, 1.165) is 63.7 Å². The Morgan fingerprint density at radius 1 is 0.949 bits per heavy atom. The van der Waals surface area contributed by atoms with Crippen LogP contribution in [0.5, 0.6) is 17.2 Å². The minimum absolute atomic E-state index is 0.143. The molecule has 0 saturated carbocycles. The fraction of sp³-hybridized carbons (Fsp3) is 0.300. The Bertz CT molecular complexity index is 1380. The lowest BCUT2D eigenvalue weighted by atomic mass is 10.1. The predicted octanol–water partition coefficient (Wildman–Crippen LogP) is 7.65. The van der Waals surface area contributed by atoms with Crippen molar-refractivity contribution in [2.24, 2.45) is 0 Å². The van der Waals surface area contributed by atoms with Gasteiger partial charge in [0.15, 0.2) is 11.5 Å². The highest BCUT2D eigenvalue weighted by Crippen LogP contribution is 2.34. The van der Waals surface area contributed by atoms with Crippen LogP contribution in [0.25, 0.3) is 11.4 Å². The van der Waals surface area contributed by atoms with Gasteiger partial charge >= 0.3 is 6.61 Å². The Morgan fingerprint density at radius 3 is 2.41 bits per heavy atom. The van der Waals surface area contributed by atoms with Crippen LogP contribution in [-0.4, -0.2) is 27.9 Å². The van der Waals surface area contributed by atoms with Crippen molar-refractivity contribution in [1.82, 2.24) is 14.5 Å². The zero-order valence-corrected chi connectivity index (χ0v) is 23.2. The lowest BCUT2D eigenvalue weighted by Crippen LogP contribution is -2.24. The van der Waals surface area contributed by atoms with Crippen molar-refractivity contribution >= 4 is 15.9 Å². The first kappa shape index (κ1) is 27.1. The third-order valence-corrected chi connectivity index (χ3v) is 7.20. The molecule has 0 N–H and O–H groups in total. The number of nitrogens with zero attached hydrogens (tertiary/aromatic N) is 3. The first-order chi connectivity index (χ1) is 19.0. The number of fused-ring (bicyclic) bond motifs is 1. The summed E-state index contributed by atoms with van der Waals surface area (Å²) in [5.41, 5.74) is 4.21. The van der Waals surface area contributed by atoms with Crippen molar-refractivity contribution in [1.29, 1.82) is 0 Å². The predicted molar refractivity (Wildman–Crippen MR) is 149 cm³/mol. The molecule has 0 saturated heterocycles. The average molecular weight is 598 g/mol. The van der Waals surface area contributed by atoms with Crippen LogP contribution in [0.4, 0.5) is 8.78 Å². The summed E-state index contributed by atoms with van der Waals surface area (Å²) < 4.78 is 44.0. The molecule has 5 rings (SSSR count). The van der Waals surface area contributed by atoms with E-state index in [2.05, 4.69) is 49.2 Å². The lowest BCUT2D eigenvalue weighted by molar-refractivity contribution is -0.0498. The Kier molecular flexibility index (Phi) is 8.78. The van der Waals surface area contributed by atoms with Crippen LogP contribution in [0.1, 0.15) is 36.6 Å². The van der Waals surface area contributed by atoms with Crippen LogP contribution in [-0.2, 0) is 26.2 Å². The minimum Gasteiger partial charge on any atom is -0.454 e. The molecule has 9 heteroatoms. The molecule has 0 bridgehead atoms. The van der Waals surface area contributed by atoms with Gasteiger partial charge in [0.25, 0.3) is 0 Å².